The molecule has 3 N–H and O–H groups in total. The first-order valence-corrected chi connectivity index (χ1v) is 6.20. The standard InChI is InChI=1S/C14H23N3O.2ClH/c1-10(2)13(15)14(18)16-12-7-5-6-11(8-12)9-17(3)4;;/h5-8,10,13H,9,15H2,1-4H3,(H,16,18);2*1H. The number of anilines is 1. The molecular formula is C14H25Cl2N3O. The molecule has 1 rings (SSSR count). The van der Waals surface area contributed by atoms with Gasteiger partial charge in [-0.05, 0) is 37.7 Å². The normalized spacial score (nSPS) is 11.6. The molecular weight excluding hydrogens is 297 g/mol. The summed E-state index contributed by atoms with van der Waals surface area (Å²) in [5.74, 6) is 0.00182. The average Bonchev–Trinajstić information content (AvgIpc) is 2.27. The number of rotatable bonds is 5. The second kappa shape index (κ2) is 10.00. The zero-order valence-corrected chi connectivity index (χ0v) is 14.1. The van der Waals surface area contributed by atoms with Crippen LogP contribution in [0.5, 0.6) is 0 Å². The Hall–Kier alpha value is -0.810. The highest BCUT2D eigenvalue weighted by atomic mass is 35.5. The SMILES string of the molecule is CC(C)C(N)C(=O)Nc1cccc(CN(C)C)c1.Cl.Cl. The zero-order chi connectivity index (χ0) is 13.7. The van der Waals surface area contributed by atoms with Crippen molar-refractivity contribution in [3.05, 3.63) is 29.8 Å². The van der Waals surface area contributed by atoms with E-state index in [0.717, 1.165) is 17.8 Å². The lowest BCUT2D eigenvalue weighted by molar-refractivity contribution is -0.118. The highest BCUT2D eigenvalue weighted by Crippen LogP contribution is 2.13. The number of amides is 1. The molecule has 4 nitrogen and oxygen atoms in total. The number of nitrogens with zero attached hydrogens (tertiary/aromatic N) is 1. The lowest BCUT2D eigenvalue weighted by atomic mass is 10.0. The van der Waals surface area contributed by atoms with Crippen LogP contribution in [0.3, 0.4) is 0 Å². The van der Waals surface area contributed by atoms with Crippen LogP contribution in [0.25, 0.3) is 0 Å². The molecule has 0 saturated carbocycles. The number of carbonyl (C=O) groups is 1. The van der Waals surface area contributed by atoms with Crippen molar-refractivity contribution in [3.8, 4) is 0 Å². The third kappa shape index (κ3) is 7.10. The summed E-state index contributed by atoms with van der Waals surface area (Å²) < 4.78 is 0. The number of nitrogens with two attached hydrogens (primary N) is 1. The van der Waals surface area contributed by atoms with Gasteiger partial charge in [-0.3, -0.25) is 4.79 Å². The fourth-order valence-electron chi connectivity index (χ4n) is 1.64. The molecule has 1 atom stereocenters. The first-order chi connectivity index (χ1) is 8.40. The van der Waals surface area contributed by atoms with E-state index in [4.69, 9.17) is 5.73 Å². The molecule has 1 aromatic rings. The second-order valence-corrected chi connectivity index (χ2v) is 5.20. The van der Waals surface area contributed by atoms with Gasteiger partial charge in [-0.25, -0.2) is 0 Å². The summed E-state index contributed by atoms with van der Waals surface area (Å²) in [6.45, 7) is 4.72. The Bertz CT molecular complexity index is 411. The Kier molecular flexibility index (Phi) is 10.7. The molecule has 0 bridgehead atoms. The van der Waals surface area contributed by atoms with Gasteiger partial charge in [0.25, 0.3) is 0 Å². The molecule has 1 unspecified atom stereocenters. The summed E-state index contributed by atoms with van der Waals surface area (Å²) >= 11 is 0. The van der Waals surface area contributed by atoms with Crippen LogP contribution in [0.15, 0.2) is 24.3 Å². The van der Waals surface area contributed by atoms with Gasteiger partial charge in [0, 0.05) is 12.2 Å². The van der Waals surface area contributed by atoms with E-state index < -0.39 is 6.04 Å². The first kappa shape index (κ1) is 21.5. The maximum atomic E-state index is 11.8. The van der Waals surface area contributed by atoms with Crippen molar-refractivity contribution in [1.29, 1.82) is 0 Å². The minimum Gasteiger partial charge on any atom is -0.325 e. The van der Waals surface area contributed by atoms with Gasteiger partial charge in [-0.1, -0.05) is 26.0 Å². The van der Waals surface area contributed by atoms with Crippen molar-refractivity contribution >= 4 is 36.4 Å². The monoisotopic (exact) mass is 321 g/mol. The Balaban J connectivity index is 0. The third-order valence-corrected chi connectivity index (χ3v) is 2.71. The van der Waals surface area contributed by atoms with Crippen molar-refractivity contribution in [2.75, 3.05) is 19.4 Å². The molecule has 0 saturated heterocycles. The van der Waals surface area contributed by atoms with E-state index in [1.54, 1.807) is 0 Å². The van der Waals surface area contributed by atoms with Crippen molar-refractivity contribution in [2.24, 2.45) is 11.7 Å². The van der Waals surface area contributed by atoms with Crippen molar-refractivity contribution in [2.45, 2.75) is 26.4 Å². The summed E-state index contributed by atoms with van der Waals surface area (Å²) in [6, 6.07) is 7.37. The summed E-state index contributed by atoms with van der Waals surface area (Å²) in [4.78, 5) is 13.9. The topological polar surface area (TPSA) is 58.4 Å². The summed E-state index contributed by atoms with van der Waals surface area (Å²) in [6.07, 6.45) is 0. The van der Waals surface area contributed by atoms with Gasteiger partial charge in [0.15, 0.2) is 0 Å². The maximum Gasteiger partial charge on any atom is 0.241 e. The summed E-state index contributed by atoms with van der Waals surface area (Å²) in [5, 5.41) is 2.85. The predicted molar refractivity (Wildman–Crippen MR) is 89.8 cm³/mol. The molecule has 6 heteroatoms. The van der Waals surface area contributed by atoms with E-state index >= 15 is 0 Å². The van der Waals surface area contributed by atoms with Crippen LogP contribution in [-0.2, 0) is 11.3 Å². The quantitative estimate of drug-likeness (QED) is 0.876. The largest absolute Gasteiger partial charge is 0.325 e. The maximum absolute atomic E-state index is 11.8. The van der Waals surface area contributed by atoms with Crippen LogP contribution in [0.4, 0.5) is 5.69 Å². The third-order valence-electron chi connectivity index (χ3n) is 2.71. The predicted octanol–water partition coefficient (Wildman–Crippen LogP) is 2.51. The molecule has 116 valence electrons. The van der Waals surface area contributed by atoms with Crippen molar-refractivity contribution in [1.82, 2.24) is 4.90 Å². The van der Waals surface area contributed by atoms with Crippen LogP contribution < -0.4 is 11.1 Å². The molecule has 0 heterocycles. The van der Waals surface area contributed by atoms with Crippen LogP contribution >= 0.6 is 24.8 Å². The number of halogens is 2. The molecule has 0 spiro atoms. The van der Waals surface area contributed by atoms with E-state index in [1.807, 2.05) is 52.2 Å². The Morgan fingerprint density at radius 3 is 2.40 bits per heavy atom. The van der Waals surface area contributed by atoms with Crippen LogP contribution in [0.2, 0.25) is 0 Å². The van der Waals surface area contributed by atoms with Gasteiger partial charge in [-0.15, -0.1) is 24.8 Å². The highest BCUT2D eigenvalue weighted by molar-refractivity contribution is 5.94. The van der Waals surface area contributed by atoms with Crippen LogP contribution in [0, 0.1) is 5.92 Å². The van der Waals surface area contributed by atoms with E-state index in [-0.39, 0.29) is 36.6 Å². The van der Waals surface area contributed by atoms with Gasteiger partial charge in [0.05, 0.1) is 6.04 Å². The minimum atomic E-state index is -0.470. The lowest BCUT2D eigenvalue weighted by Crippen LogP contribution is -2.39. The summed E-state index contributed by atoms with van der Waals surface area (Å²) in [7, 11) is 4.03. The number of hydrogen-bond donors (Lipinski definition) is 2. The van der Waals surface area contributed by atoms with Gasteiger partial charge in [0.1, 0.15) is 0 Å². The molecule has 0 aliphatic carbocycles. The average molecular weight is 322 g/mol. The Morgan fingerprint density at radius 1 is 1.30 bits per heavy atom. The van der Waals surface area contributed by atoms with Gasteiger partial charge >= 0.3 is 0 Å². The van der Waals surface area contributed by atoms with E-state index in [1.165, 1.54) is 0 Å². The molecule has 0 aromatic heterocycles. The van der Waals surface area contributed by atoms with E-state index in [9.17, 15) is 4.79 Å². The van der Waals surface area contributed by atoms with Crippen LogP contribution in [-0.4, -0.2) is 30.9 Å². The van der Waals surface area contributed by atoms with E-state index in [2.05, 4.69) is 10.2 Å². The number of hydrogen-bond acceptors (Lipinski definition) is 3. The summed E-state index contributed by atoms with van der Waals surface area (Å²) in [5.41, 5.74) is 7.77. The molecule has 0 radical (unpaired) electrons. The second-order valence-electron chi connectivity index (χ2n) is 5.20. The number of benzene rings is 1. The van der Waals surface area contributed by atoms with E-state index in [0.29, 0.717) is 0 Å². The van der Waals surface area contributed by atoms with Crippen molar-refractivity contribution < 1.29 is 4.79 Å². The Labute approximate surface area is 133 Å². The highest BCUT2D eigenvalue weighted by Gasteiger charge is 2.17. The molecule has 20 heavy (non-hydrogen) atoms. The smallest absolute Gasteiger partial charge is 0.241 e. The van der Waals surface area contributed by atoms with Crippen LogP contribution in [0.1, 0.15) is 19.4 Å². The van der Waals surface area contributed by atoms with Gasteiger partial charge in [-0.2, -0.15) is 0 Å². The van der Waals surface area contributed by atoms with Gasteiger partial charge < -0.3 is 16.0 Å². The Morgan fingerprint density at radius 2 is 1.90 bits per heavy atom. The van der Waals surface area contributed by atoms with Gasteiger partial charge in [0.2, 0.25) is 5.91 Å². The fraction of sp³-hybridized carbons (Fsp3) is 0.500. The number of nitrogens with one attached hydrogen (secondary N) is 1. The number of carbonyl (C=O) groups excluding carboxylic acids is 1. The molecule has 0 aliphatic rings. The molecule has 1 aromatic carbocycles. The molecule has 0 fully saturated rings. The molecule has 1 amide bonds. The zero-order valence-electron chi connectivity index (χ0n) is 12.4. The first-order valence-electron chi connectivity index (χ1n) is 6.20. The minimum absolute atomic E-state index is 0. The van der Waals surface area contributed by atoms with Crippen molar-refractivity contribution in [3.63, 3.8) is 0 Å². The fourth-order valence-corrected chi connectivity index (χ4v) is 1.64. The molecule has 0 aliphatic heterocycles. The lowest BCUT2D eigenvalue weighted by Gasteiger charge is -2.16.